The van der Waals surface area contributed by atoms with Crippen molar-refractivity contribution in [3.8, 4) is 0 Å². The lowest BCUT2D eigenvalue weighted by Crippen LogP contribution is -2.26. The molecule has 0 aliphatic heterocycles. The summed E-state index contributed by atoms with van der Waals surface area (Å²) in [6.07, 6.45) is 0.932. The van der Waals surface area contributed by atoms with E-state index in [1.165, 1.54) is 12.1 Å². The van der Waals surface area contributed by atoms with E-state index in [1.807, 2.05) is 18.7 Å². The Kier molecular flexibility index (Phi) is 4.55. The molecule has 5 heteroatoms. The molecule has 1 heterocycles. The zero-order valence-electron chi connectivity index (χ0n) is 9.40. The van der Waals surface area contributed by atoms with E-state index < -0.39 is 5.97 Å². The van der Waals surface area contributed by atoms with Crippen LogP contribution < -0.4 is 4.90 Å². The third kappa shape index (κ3) is 2.85. The Bertz CT molecular complexity index is 382. The molecule has 0 radical (unpaired) electrons. The van der Waals surface area contributed by atoms with E-state index in [-0.39, 0.29) is 5.56 Å². The van der Waals surface area contributed by atoms with Crippen molar-refractivity contribution in [1.29, 1.82) is 0 Å². The van der Waals surface area contributed by atoms with E-state index in [0.717, 1.165) is 13.0 Å². The van der Waals surface area contributed by atoms with E-state index in [9.17, 15) is 4.79 Å². The molecule has 0 amide bonds. The number of aromatic nitrogens is 1. The van der Waals surface area contributed by atoms with Crippen LogP contribution in [0, 0.1) is 0 Å². The van der Waals surface area contributed by atoms with Crippen LogP contribution in [-0.2, 0) is 0 Å². The van der Waals surface area contributed by atoms with Crippen LogP contribution in [0.15, 0.2) is 12.1 Å². The lowest BCUT2D eigenvalue weighted by atomic mass is 10.2. The minimum absolute atomic E-state index is 0.194. The molecular formula is C11H15ClN2O2. The molecule has 0 saturated heterocycles. The maximum atomic E-state index is 11.0. The van der Waals surface area contributed by atoms with Gasteiger partial charge in [0.1, 0.15) is 16.5 Å². The molecule has 4 nitrogen and oxygen atoms in total. The van der Waals surface area contributed by atoms with E-state index in [1.54, 1.807) is 0 Å². The zero-order chi connectivity index (χ0) is 12.1. The van der Waals surface area contributed by atoms with Gasteiger partial charge in [-0.05, 0) is 25.5 Å². The van der Waals surface area contributed by atoms with Gasteiger partial charge in [-0.2, -0.15) is 0 Å². The van der Waals surface area contributed by atoms with Crippen molar-refractivity contribution < 1.29 is 9.90 Å². The van der Waals surface area contributed by atoms with Crippen LogP contribution in [0.5, 0.6) is 0 Å². The highest BCUT2D eigenvalue weighted by Crippen LogP contribution is 2.21. The number of hydrogen-bond donors (Lipinski definition) is 1. The third-order valence-electron chi connectivity index (χ3n) is 2.25. The Morgan fingerprint density at radius 2 is 2.19 bits per heavy atom. The SMILES string of the molecule is CCCN(CC)c1nc(Cl)ccc1C(=O)O. The van der Waals surface area contributed by atoms with E-state index in [0.29, 0.717) is 17.5 Å². The van der Waals surface area contributed by atoms with Gasteiger partial charge >= 0.3 is 5.97 Å². The monoisotopic (exact) mass is 242 g/mol. The predicted molar refractivity (Wildman–Crippen MR) is 64.4 cm³/mol. The van der Waals surface area contributed by atoms with Gasteiger partial charge < -0.3 is 10.0 Å². The fourth-order valence-electron chi connectivity index (χ4n) is 1.52. The number of pyridine rings is 1. The van der Waals surface area contributed by atoms with Crippen molar-refractivity contribution >= 4 is 23.4 Å². The summed E-state index contributed by atoms with van der Waals surface area (Å²) >= 11 is 5.79. The second-order valence-electron chi connectivity index (χ2n) is 3.39. The highest BCUT2D eigenvalue weighted by Gasteiger charge is 2.16. The summed E-state index contributed by atoms with van der Waals surface area (Å²) in [5.41, 5.74) is 0.194. The number of nitrogens with zero attached hydrogens (tertiary/aromatic N) is 2. The molecule has 1 aromatic rings. The summed E-state index contributed by atoms with van der Waals surface area (Å²) in [4.78, 5) is 17.1. The van der Waals surface area contributed by atoms with Crippen LogP contribution in [0.2, 0.25) is 5.15 Å². The molecule has 1 rings (SSSR count). The second-order valence-corrected chi connectivity index (χ2v) is 3.78. The van der Waals surface area contributed by atoms with Crippen molar-refractivity contribution in [2.75, 3.05) is 18.0 Å². The number of carboxylic acids is 1. The van der Waals surface area contributed by atoms with Crippen LogP contribution >= 0.6 is 11.6 Å². The summed E-state index contributed by atoms with van der Waals surface area (Å²) in [5, 5.41) is 9.37. The van der Waals surface area contributed by atoms with Crippen LogP contribution in [0.25, 0.3) is 0 Å². The highest BCUT2D eigenvalue weighted by molar-refractivity contribution is 6.29. The van der Waals surface area contributed by atoms with Crippen molar-refractivity contribution in [3.05, 3.63) is 22.8 Å². The van der Waals surface area contributed by atoms with Gasteiger partial charge in [-0.25, -0.2) is 9.78 Å². The first-order valence-corrected chi connectivity index (χ1v) is 5.62. The number of hydrogen-bond acceptors (Lipinski definition) is 3. The van der Waals surface area contributed by atoms with Gasteiger partial charge in [0, 0.05) is 13.1 Å². The van der Waals surface area contributed by atoms with Crippen molar-refractivity contribution in [1.82, 2.24) is 4.98 Å². The minimum Gasteiger partial charge on any atom is -0.478 e. The number of aromatic carboxylic acids is 1. The van der Waals surface area contributed by atoms with Gasteiger partial charge in [0.15, 0.2) is 0 Å². The van der Waals surface area contributed by atoms with Gasteiger partial charge in [-0.3, -0.25) is 0 Å². The molecule has 0 fully saturated rings. The lowest BCUT2D eigenvalue weighted by molar-refractivity contribution is 0.0697. The molecule has 0 bridgehead atoms. The molecule has 1 aromatic heterocycles. The summed E-state index contributed by atoms with van der Waals surface area (Å²) < 4.78 is 0. The second kappa shape index (κ2) is 5.70. The number of carboxylic acid groups (broad SMARTS) is 1. The first-order valence-electron chi connectivity index (χ1n) is 5.24. The maximum absolute atomic E-state index is 11.0. The van der Waals surface area contributed by atoms with E-state index in [4.69, 9.17) is 16.7 Å². The van der Waals surface area contributed by atoms with Gasteiger partial charge in [-0.1, -0.05) is 18.5 Å². The molecular weight excluding hydrogens is 228 g/mol. The molecule has 0 saturated carbocycles. The topological polar surface area (TPSA) is 53.4 Å². The summed E-state index contributed by atoms with van der Waals surface area (Å²) in [6, 6.07) is 2.99. The molecule has 0 aliphatic carbocycles. The standard InChI is InChI=1S/C11H15ClN2O2/c1-3-7-14(4-2)10-8(11(15)16)5-6-9(12)13-10/h5-6H,3-4,7H2,1-2H3,(H,15,16). The largest absolute Gasteiger partial charge is 0.478 e. The van der Waals surface area contributed by atoms with Gasteiger partial charge in [0.25, 0.3) is 0 Å². The van der Waals surface area contributed by atoms with E-state index in [2.05, 4.69) is 4.98 Å². The number of rotatable bonds is 5. The zero-order valence-corrected chi connectivity index (χ0v) is 10.2. The van der Waals surface area contributed by atoms with Crippen molar-refractivity contribution in [2.45, 2.75) is 20.3 Å². The Hall–Kier alpha value is -1.29. The minimum atomic E-state index is -0.978. The Morgan fingerprint density at radius 1 is 1.50 bits per heavy atom. The first kappa shape index (κ1) is 12.8. The molecule has 16 heavy (non-hydrogen) atoms. The number of anilines is 1. The average molecular weight is 243 g/mol. The van der Waals surface area contributed by atoms with Crippen LogP contribution in [0.1, 0.15) is 30.6 Å². The summed E-state index contributed by atoms with van der Waals surface area (Å²) in [7, 11) is 0. The molecule has 0 aliphatic rings. The number of carbonyl (C=O) groups is 1. The van der Waals surface area contributed by atoms with Gasteiger partial charge in [0.05, 0.1) is 0 Å². The van der Waals surface area contributed by atoms with Crippen molar-refractivity contribution in [2.24, 2.45) is 0 Å². The van der Waals surface area contributed by atoms with E-state index >= 15 is 0 Å². The molecule has 0 atom stereocenters. The fraction of sp³-hybridized carbons (Fsp3) is 0.455. The van der Waals surface area contributed by atoms with Crippen LogP contribution in [0.4, 0.5) is 5.82 Å². The normalized spacial score (nSPS) is 10.2. The van der Waals surface area contributed by atoms with Crippen LogP contribution in [-0.4, -0.2) is 29.1 Å². The summed E-state index contributed by atoms with van der Waals surface area (Å²) in [5.74, 6) is -0.530. The molecule has 1 N–H and O–H groups in total. The third-order valence-corrected chi connectivity index (χ3v) is 2.46. The first-order chi connectivity index (χ1) is 7.60. The summed E-state index contributed by atoms with van der Waals surface area (Å²) in [6.45, 7) is 5.48. The highest BCUT2D eigenvalue weighted by atomic mass is 35.5. The molecule has 0 aromatic carbocycles. The molecule has 88 valence electrons. The Morgan fingerprint density at radius 3 is 2.69 bits per heavy atom. The quantitative estimate of drug-likeness (QED) is 0.807. The van der Waals surface area contributed by atoms with Gasteiger partial charge in [0.2, 0.25) is 0 Å². The maximum Gasteiger partial charge on any atom is 0.339 e. The number of halogens is 1. The molecule has 0 unspecified atom stereocenters. The Balaban J connectivity index is 3.16. The van der Waals surface area contributed by atoms with Gasteiger partial charge in [-0.15, -0.1) is 0 Å². The predicted octanol–water partition coefficient (Wildman–Crippen LogP) is 2.67. The molecule has 0 spiro atoms. The fourth-order valence-corrected chi connectivity index (χ4v) is 1.66. The Labute approximate surface area is 99.9 Å². The van der Waals surface area contributed by atoms with Crippen molar-refractivity contribution in [3.63, 3.8) is 0 Å². The lowest BCUT2D eigenvalue weighted by Gasteiger charge is -2.22. The smallest absolute Gasteiger partial charge is 0.339 e. The average Bonchev–Trinajstić information content (AvgIpc) is 2.25. The van der Waals surface area contributed by atoms with Crippen LogP contribution in [0.3, 0.4) is 0 Å².